The molecule has 8 nitrogen and oxygen atoms in total. The molecule has 3 fully saturated rings. The van der Waals surface area contributed by atoms with E-state index < -0.39 is 0 Å². The van der Waals surface area contributed by atoms with Gasteiger partial charge in [-0.05, 0) is 49.9 Å². The normalized spacial score (nSPS) is 20.4. The molecular formula is C23H31N7O. The Labute approximate surface area is 183 Å². The van der Waals surface area contributed by atoms with Crippen molar-refractivity contribution >= 4 is 23.4 Å². The number of carbonyl (C=O) groups is 1. The molecule has 0 atom stereocenters. The van der Waals surface area contributed by atoms with E-state index in [1.165, 1.54) is 12.8 Å². The zero-order valence-electron chi connectivity index (χ0n) is 18.1. The number of amides is 1. The standard InChI is InChI=1S/C23H31N7O/c31-23(30-17-15-29(16-18-30)20-5-1-2-10-24-20)19-8-13-28(14-9-19)22-7-6-21(25-26-22)27-11-3-4-12-27/h1-2,5-7,10,19H,3-4,8-9,11-18H2. The van der Waals surface area contributed by atoms with E-state index in [0.29, 0.717) is 5.91 Å². The van der Waals surface area contributed by atoms with Gasteiger partial charge in [-0.15, -0.1) is 10.2 Å². The Morgan fingerprint density at radius 1 is 0.710 bits per heavy atom. The summed E-state index contributed by atoms with van der Waals surface area (Å²) in [6.45, 7) is 7.14. The van der Waals surface area contributed by atoms with E-state index in [-0.39, 0.29) is 5.92 Å². The van der Waals surface area contributed by atoms with Gasteiger partial charge in [-0.3, -0.25) is 4.79 Å². The van der Waals surface area contributed by atoms with Crippen LogP contribution in [-0.4, -0.2) is 78.3 Å². The van der Waals surface area contributed by atoms with E-state index in [4.69, 9.17) is 0 Å². The Balaban J connectivity index is 1.11. The smallest absolute Gasteiger partial charge is 0.225 e. The number of carbonyl (C=O) groups excluding carboxylic acids is 1. The molecule has 0 aromatic carbocycles. The number of piperidine rings is 1. The van der Waals surface area contributed by atoms with Crippen molar-refractivity contribution < 1.29 is 4.79 Å². The van der Waals surface area contributed by atoms with Gasteiger partial charge in [0, 0.05) is 64.5 Å². The molecular weight excluding hydrogens is 390 g/mol. The molecule has 0 unspecified atom stereocenters. The van der Waals surface area contributed by atoms with Gasteiger partial charge < -0.3 is 19.6 Å². The summed E-state index contributed by atoms with van der Waals surface area (Å²) in [5.74, 6) is 3.35. The lowest BCUT2D eigenvalue weighted by atomic mass is 9.95. The highest BCUT2D eigenvalue weighted by Gasteiger charge is 2.31. The minimum Gasteiger partial charge on any atom is -0.355 e. The van der Waals surface area contributed by atoms with Gasteiger partial charge in [0.05, 0.1) is 0 Å². The van der Waals surface area contributed by atoms with Crippen molar-refractivity contribution in [3.8, 4) is 0 Å². The Kier molecular flexibility index (Phi) is 5.86. The molecule has 0 spiro atoms. The maximum absolute atomic E-state index is 13.1. The Morgan fingerprint density at radius 3 is 1.90 bits per heavy atom. The Hall–Kier alpha value is -2.90. The highest BCUT2D eigenvalue weighted by atomic mass is 16.2. The molecule has 0 saturated carbocycles. The fourth-order valence-electron chi connectivity index (χ4n) is 4.91. The quantitative estimate of drug-likeness (QED) is 0.748. The predicted octanol–water partition coefficient (Wildman–Crippen LogP) is 2.04. The van der Waals surface area contributed by atoms with Crippen LogP contribution in [0.1, 0.15) is 25.7 Å². The molecule has 3 aliphatic rings. The fraction of sp³-hybridized carbons (Fsp3) is 0.565. The highest BCUT2D eigenvalue weighted by Crippen LogP contribution is 2.25. The van der Waals surface area contributed by atoms with Crippen LogP contribution in [-0.2, 0) is 4.79 Å². The van der Waals surface area contributed by atoms with Crippen molar-refractivity contribution in [3.05, 3.63) is 36.5 Å². The van der Waals surface area contributed by atoms with Crippen LogP contribution in [0.3, 0.4) is 0 Å². The van der Waals surface area contributed by atoms with Crippen molar-refractivity contribution in [1.29, 1.82) is 0 Å². The monoisotopic (exact) mass is 421 g/mol. The van der Waals surface area contributed by atoms with Crippen molar-refractivity contribution in [2.24, 2.45) is 5.92 Å². The summed E-state index contributed by atoms with van der Waals surface area (Å²) in [5.41, 5.74) is 0. The summed E-state index contributed by atoms with van der Waals surface area (Å²) >= 11 is 0. The Morgan fingerprint density at radius 2 is 1.32 bits per heavy atom. The largest absolute Gasteiger partial charge is 0.355 e. The number of rotatable bonds is 4. The molecule has 8 heteroatoms. The number of anilines is 3. The zero-order chi connectivity index (χ0) is 21.0. The van der Waals surface area contributed by atoms with Gasteiger partial charge in [0.2, 0.25) is 5.91 Å². The summed E-state index contributed by atoms with van der Waals surface area (Å²) in [4.78, 5) is 26.4. The molecule has 0 bridgehead atoms. The minimum absolute atomic E-state index is 0.120. The molecule has 3 aliphatic heterocycles. The first kappa shape index (κ1) is 20.0. The van der Waals surface area contributed by atoms with Crippen LogP contribution in [0.4, 0.5) is 17.5 Å². The third-order valence-electron chi connectivity index (χ3n) is 6.80. The maximum Gasteiger partial charge on any atom is 0.225 e. The van der Waals surface area contributed by atoms with Crippen LogP contribution in [0.2, 0.25) is 0 Å². The van der Waals surface area contributed by atoms with E-state index in [0.717, 1.165) is 82.7 Å². The fourth-order valence-corrected chi connectivity index (χ4v) is 4.91. The number of hydrogen-bond donors (Lipinski definition) is 0. The van der Waals surface area contributed by atoms with Crippen LogP contribution in [0.5, 0.6) is 0 Å². The lowest BCUT2D eigenvalue weighted by Gasteiger charge is -2.39. The summed E-state index contributed by atoms with van der Waals surface area (Å²) in [5, 5.41) is 8.92. The second-order valence-electron chi connectivity index (χ2n) is 8.71. The second kappa shape index (κ2) is 9.08. The minimum atomic E-state index is 0.120. The lowest BCUT2D eigenvalue weighted by Crippen LogP contribution is -2.52. The zero-order valence-corrected chi connectivity index (χ0v) is 18.1. The van der Waals surface area contributed by atoms with E-state index in [1.807, 2.05) is 29.3 Å². The van der Waals surface area contributed by atoms with Crippen LogP contribution >= 0.6 is 0 Å². The molecule has 164 valence electrons. The van der Waals surface area contributed by atoms with E-state index in [1.54, 1.807) is 0 Å². The molecule has 0 radical (unpaired) electrons. The number of hydrogen-bond acceptors (Lipinski definition) is 7. The van der Waals surface area contributed by atoms with Crippen LogP contribution in [0.15, 0.2) is 36.5 Å². The van der Waals surface area contributed by atoms with Crippen molar-refractivity contribution in [1.82, 2.24) is 20.1 Å². The highest BCUT2D eigenvalue weighted by molar-refractivity contribution is 5.79. The number of aromatic nitrogens is 3. The molecule has 0 aliphatic carbocycles. The van der Waals surface area contributed by atoms with Crippen LogP contribution in [0, 0.1) is 5.92 Å². The summed E-state index contributed by atoms with van der Waals surface area (Å²) in [6.07, 6.45) is 6.07. The third kappa shape index (κ3) is 4.43. The first-order chi connectivity index (χ1) is 15.3. The molecule has 2 aromatic rings. The average Bonchev–Trinajstić information content (AvgIpc) is 3.40. The van der Waals surface area contributed by atoms with Crippen LogP contribution in [0.25, 0.3) is 0 Å². The Bertz CT molecular complexity index is 853. The predicted molar refractivity (Wildman–Crippen MR) is 121 cm³/mol. The van der Waals surface area contributed by atoms with Gasteiger partial charge in [-0.2, -0.15) is 0 Å². The van der Waals surface area contributed by atoms with Gasteiger partial charge in [-0.25, -0.2) is 4.98 Å². The van der Waals surface area contributed by atoms with E-state index in [2.05, 4.69) is 42.0 Å². The SMILES string of the molecule is O=C(C1CCN(c2ccc(N3CCCC3)nn2)CC1)N1CCN(c2ccccn2)CC1. The summed E-state index contributed by atoms with van der Waals surface area (Å²) in [7, 11) is 0. The van der Waals surface area contributed by atoms with Crippen molar-refractivity contribution in [2.45, 2.75) is 25.7 Å². The van der Waals surface area contributed by atoms with Crippen molar-refractivity contribution in [2.75, 3.05) is 67.1 Å². The lowest BCUT2D eigenvalue weighted by molar-refractivity contribution is -0.136. The van der Waals surface area contributed by atoms with E-state index >= 15 is 0 Å². The van der Waals surface area contributed by atoms with Crippen molar-refractivity contribution in [3.63, 3.8) is 0 Å². The number of nitrogens with zero attached hydrogens (tertiary/aromatic N) is 7. The third-order valence-corrected chi connectivity index (χ3v) is 6.80. The van der Waals surface area contributed by atoms with Gasteiger partial charge in [0.25, 0.3) is 0 Å². The van der Waals surface area contributed by atoms with Gasteiger partial charge >= 0.3 is 0 Å². The molecule has 5 heterocycles. The number of pyridine rings is 1. The van der Waals surface area contributed by atoms with Crippen LogP contribution < -0.4 is 14.7 Å². The van der Waals surface area contributed by atoms with E-state index in [9.17, 15) is 4.79 Å². The number of piperazine rings is 1. The first-order valence-corrected chi connectivity index (χ1v) is 11.6. The molecule has 2 aromatic heterocycles. The molecule has 3 saturated heterocycles. The molecule has 5 rings (SSSR count). The maximum atomic E-state index is 13.1. The van der Waals surface area contributed by atoms with Gasteiger partial charge in [0.15, 0.2) is 11.6 Å². The van der Waals surface area contributed by atoms with Gasteiger partial charge in [0.1, 0.15) is 5.82 Å². The first-order valence-electron chi connectivity index (χ1n) is 11.6. The molecule has 0 N–H and O–H groups in total. The topological polar surface area (TPSA) is 68.7 Å². The molecule has 1 amide bonds. The molecule has 31 heavy (non-hydrogen) atoms. The summed E-state index contributed by atoms with van der Waals surface area (Å²) in [6, 6.07) is 10.2. The summed E-state index contributed by atoms with van der Waals surface area (Å²) < 4.78 is 0. The average molecular weight is 422 g/mol. The second-order valence-corrected chi connectivity index (χ2v) is 8.71. The van der Waals surface area contributed by atoms with Gasteiger partial charge in [-0.1, -0.05) is 6.07 Å².